The van der Waals surface area contributed by atoms with Crippen molar-refractivity contribution in [1.82, 2.24) is 5.32 Å². The molecule has 1 heterocycles. The lowest BCUT2D eigenvalue weighted by atomic mass is 10.2. The Balaban J connectivity index is 2.01. The molecule has 0 fully saturated rings. The number of nitrogens with one attached hydrogen (secondary N) is 1. The van der Waals surface area contributed by atoms with Crippen molar-refractivity contribution < 1.29 is 9.18 Å². The number of hydrogen-bond donors (Lipinski definition) is 1. The molecule has 0 saturated carbocycles. The van der Waals surface area contributed by atoms with Gasteiger partial charge in [0.1, 0.15) is 5.82 Å². The van der Waals surface area contributed by atoms with E-state index in [9.17, 15) is 9.18 Å². The number of halogens is 1. The topological polar surface area (TPSA) is 29.1 Å². The number of rotatable bonds is 3. The van der Waals surface area contributed by atoms with E-state index in [0.717, 1.165) is 4.88 Å². The third-order valence-electron chi connectivity index (χ3n) is 2.34. The molecular formula is C13H12FNOS. The van der Waals surface area contributed by atoms with Gasteiger partial charge >= 0.3 is 0 Å². The summed E-state index contributed by atoms with van der Waals surface area (Å²) in [6, 6.07) is 9.92. The fraction of sp³-hybridized carbons (Fsp3) is 0.154. The second-order valence-electron chi connectivity index (χ2n) is 3.67. The molecule has 0 aliphatic heterocycles. The van der Waals surface area contributed by atoms with Crippen molar-refractivity contribution in [3.05, 3.63) is 57.5 Å². The Kier molecular flexibility index (Phi) is 3.54. The van der Waals surface area contributed by atoms with Crippen molar-refractivity contribution >= 4 is 17.2 Å². The van der Waals surface area contributed by atoms with Crippen molar-refractivity contribution in [3.63, 3.8) is 0 Å². The summed E-state index contributed by atoms with van der Waals surface area (Å²) >= 11 is 1.62. The third-order valence-corrected chi connectivity index (χ3v) is 3.34. The number of aryl methyl sites for hydroxylation is 1. The van der Waals surface area contributed by atoms with E-state index < -0.39 is 5.82 Å². The summed E-state index contributed by atoms with van der Waals surface area (Å²) in [6.45, 7) is 2.44. The molecule has 0 unspecified atom stereocenters. The molecule has 1 aromatic carbocycles. The molecule has 0 spiro atoms. The van der Waals surface area contributed by atoms with Crippen LogP contribution in [0, 0.1) is 12.7 Å². The second-order valence-corrected chi connectivity index (χ2v) is 5.05. The van der Waals surface area contributed by atoms with Crippen LogP contribution in [0.1, 0.15) is 20.1 Å². The molecule has 1 aromatic heterocycles. The minimum absolute atomic E-state index is 0.0841. The van der Waals surface area contributed by atoms with Gasteiger partial charge in [-0.2, -0.15) is 0 Å². The lowest BCUT2D eigenvalue weighted by Gasteiger charge is -2.04. The van der Waals surface area contributed by atoms with E-state index in [-0.39, 0.29) is 11.5 Å². The van der Waals surface area contributed by atoms with E-state index in [0.29, 0.717) is 6.54 Å². The number of thiophene rings is 1. The van der Waals surface area contributed by atoms with Crippen LogP contribution in [0.15, 0.2) is 36.4 Å². The normalized spacial score (nSPS) is 10.2. The van der Waals surface area contributed by atoms with Crippen LogP contribution in [-0.4, -0.2) is 5.91 Å². The highest BCUT2D eigenvalue weighted by Gasteiger charge is 2.10. The lowest BCUT2D eigenvalue weighted by Crippen LogP contribution is -2.23. The SMILES string of the molecule is Cc1ccc(CNC(=O)c2ccccc2F)s1. The van der Waals surface area contributed by atoms with Crippen molar-refractivity contribution in [2.24, 2.45) is 0 Å². The molecule has 2 nitrogen and oxygen atoms in total. The quantitative estimate of drug-likeness (QED) is 0.889. The molecule has 0 atom stereocenters. The molecule has 0 aliphatic carbocycles. The highest BCUT2D eigenvalue weighted by atomic mass is 32.1. The van der Waals surface area contributed by atoms with Gasteiger partial charge in [0.15, 0.2) is 0 Å². The molecule has 1 N–H and O–H groups in total. The zero-order valence-electron chi connectivity index (χ0n) is 9.37. The van der Waals surface area contributed by atoms with E-state index in [1.54, 1.807) is 23.5 Å². The maximum absolute atomic E-state index is 13.3. The standard InChI is InChI=1S/C13H12FNOS/c1-9-6-7-10(17-9)8-15-13(16)11-4-2-3-5-12(11)14/h2-7H,8H2,1H3,(H,15,16). The highest BCUT2D eigenvalue weighted by Crippen LogP contribution is 2.15. The van der Waals surface area contributed by atoms with Crippen molar-refractivity contribution in [1.29, 1.82) is 0 Å². The van der Waals surface area contributed by atoms with E-state index >= 15 is 0 Å². The van der Waals surface area contributed by atoms with Gasteiger partial charge in [-0.3, -0.25) is 4.79 Å². The van der Waals surface area contributed by atoms with E-state index in [1.165, 1.54) is 17.0 Å². The molecule has 0 bridgehead atoms. The lowest BCUT2D eigenvalue weighted by molar-refractivity contribution is 0.0947. The number of carbonyl (C=O) groups is 1. The van der Waals surface area contributed by atoms with E-state index in [4.69, 9.17) is 0 Å². The minimum Gasteiger partial charge on any atom is -0.347 e. The van der Waals surface area contributed by atoms with Gasteiger partial charge in [0.25, 0.3) is 5.91 Å². The average Bonchev–Trinajstić information content (AvgIpc) is 2.73. The second kappa shape index (κ2) is 5.10. The van der Waals surface area contributed by atoms with Crippen LogP contribution >= 0.6 is 11.3 Å². The van der Waals surface area contributed by atoms with Crippen molar-refractivity contribution in [2.75, 3.05) is 0 Å². The Labute approximate surface area is 103 Å². The number of benzene rings is 1. The predicted molar refractivity (Wildman–Crippen MR) is 66.6 cm³/mol. The first kappa shape index (κ1) is 11.8. The van der Waals surface area contributed by atoms with E-state index in [2.05, 4.69) is 5.32 Å². The Morgan fingerprint density at radius 3 is 2.71 bits per heavy atom. The summed E-state index contributed by atoms with van der Waals surface area (Å²) < 4.78 is 13.3. The van der Waals surface area contributed by atoms with Gasteiger partial charge in [-0.25, -0.2) is 4.39 Å². The monoisotopic (exact) mass is 249 g/mol. The van der Waals surface area contributed by atoms with Crippen LogP contribution in [0.2, 0.25) is 0 Å². The van der Waals surface area contributed by atoms with Gasteiger partial charge < -0.3 is 5.32 Å². The summed E-state index contributed by atoms with van der Waals surface area (Å²) in [5, 5.41) is 2.70. The molecule has 17 heavy (non-hydrogen) atoms. The third kappa shape index (κ3) is 2.91. The summed E-state index contributed by atoms with van der Waals surface area (Å²) in [6.07, 6.45) is 0. The first-order valence-corrected chi connectivity index (χ1v) is 6.06. The fourth-order valence-electron chi connectivity index (χ4n) is 1.49. The molecule has 0 saturated heterocycles. The molecule has 2 rings (SSSR count). The molecule has 0 radical (unpaired) electrons. The first-order chi connectivity index (χ1) is 8.16. The van der Waals surface area contributed by atoms with Crippen LogP contribution in [-0.2, 0) is 6.54 Å². The van der Waals surface area contributed by atoms with Crippen LogP contribution < -0.4 is 5.32 Å². The zero-order chi connectivity index (χ0) is 12.3. The van der Waals surface area contributed by atoms with Gasteiger partial charge in [-0.15, -0.1) is 11.3 Å². The summed E-state index contributed by atoms with van der Waals surface area (Å²) in [5.74, 6) is -0.874. The van der Waals surface area contributed by atoms with Gasteiger partial charge in [-0.05, 0) is 31.2 Å². The number of hydrogen-bond acceptors (Lipinski definition) is 2. The molecule has 0 aliphatic rings. The Hall–Kier alpha value is -1.68. The largest absolute Gasteiger partial charge is 0.347 e. The Morgan fingerprint density at radius 1 is 1.29 bits per heavy atom. The zero-order valence-corrected chi connectivity index (χ0v) is 10.2. The van der Waals surface area contributed by atoms with Crippen LogP contribution in [0.5, 0.6) is 0 Å². The molecular weight excluding hydrogens is 237 g/mol. The van der Waals surface area contributed by atoms with Gasteiger partial charge in [0, 0.05) is 9.75 Å². The smallest absolute Gasteiger partial charge is 0.254 e. The Bertz CT molecular complexity index is 536. The van der Waals surface area contributed by atoms with Crippen molar-refractivity contribution in [3.8, 4) is 0 Å². The summed E-state index contributed by atoms with van der Waals surface area (Å²) in [4.78, 5) is 14.0. The summed E-state index contributed by atoms with van der Waals surface area (Å²) in [7, 11) is 0. The van der Waals surface area contributed by atoms with Gasteiger partial charge in [0.2, 0.25) is 0 Å². The molecule has 2 aromatic rings. The van der Waals surface area contributed by atoms with Gasteiger partial charge in [0.05, 0.1) is 12.1 Å². The Morgan fingerprint density at radius 2 is 2.06 bits per heavy atom. The molecule has 4 heteroatoms. The van der Waals surface area contributed by atoms with Gasteiger partial charge in [-0.1, -0.05) is 12.1 Å². The molecule has 1 amide bonds. The maximum Gasteiger partial charge on any atom is 0.254 e. The number of amides is 1. The van der Waals surface area contributed by atoms with Crippen molar-refractivity contribution in [2.45, 2.75) is 13.5 Å². The average molecular weight is 249 g/mol. The van der Waals surface area contributed by atoms with Crippen LogP contribution in [0.4, 0.5) is 4.39 Å². The highest BCUT2D eigenvalue weighted by molar-refractivity contribution is 7.11. The first-order valence-electron chi connectivity index (χ1n) is 5.25. The van der Waals surface area contributed by atoms with Crippen LogP contribution in [0.3, 0.4) is 0 Å². The van der Waals surface area contributed by atoms with E-state index in [1.807, 2.05) is 19.1 Å². The fourth-order valence-corrected chi connectivity index (χ4v) is 2.32. The molecule has 88 valence electrons. The maximum atomic E-state index is 13.3. The summed E-state index contributed by atoms with van der Waals surface area (Å²) in [5.41, 5.74) is 0.0841. The minimum atomic E-state index is -0.493. The number of carbonyl (C=O) groups excluding carboxylic acids is 1. The van der Waals surface area contributed by atoms with Crippen LogP contribution in [0.25, 0.3) is 0 Å². The predicted octanol–water partition coefficient (Wildman–Crippen LogP) is 3.13.